The maximum absolute atomic E-state index is 12.2. The quantitative estimate of drug-likeness (QED) is 0.462. The lowest BCUT2D eigenvalue weighted by Crippen LogP contribution is -2.17. The first-order valence-electron chi connectivity index (χ1n) is 7.70. The van der Waals surface area contributed by atoms with Crippen molar-refractivity contribution < 1.29 is 14.5 Å². The summed E-state index contributed by atoms with van der Waals surface area (Å²) >= 11 is 6.24. The average Bonchev–Trinajstić information content (AvgIpc) is 2.93. The van der Waals surface area contributed by atoms with Crippen LogP contribution in [-0.2, 0) is 4.74 Å². The van der Waals surface area contributed by atoms with E-state index in [9.17, 15) is 14.9 Å². The topological polar surface area (TPSA) is 87.3 Å². The van der Waals surface area contributed by atoms with E-state index in [1.807, 2.05) is 10.9 Å². The van der Waals surface area contributed by atoms with E-state index < -0.39 is 10.9 Å². The number of benzene rings is 1. The fourth-order valence-corrected chi connectivity index (χ4v) is 3.00. The summed E-state index contributed by atoms with van der Waals surface area (Å²) in [6.45, 7) is 1.84. The molecule has 1 fully saturated rings. The van der Waals surface area contributed by atoms with Crippen molar-refractivity contribution in [2.24, 2.45) is 0 Å². The number of carbonyl (C=O) groups is 1. The molecule has 1 aromatic heterocycles. The van der Waals surface area contributed by atoms with Crippen LogP contribution in [-0.4, -0.2) is 27.3 Å². The molecule has 0 radical (unpaired) electrons. The standard InChI is InChI=1S/C16H16ClN3O4/c1-2-24-16(21)13-6-12(20(22)23)7-14(17)15(13)10-8-18-19(9-10)11-4-3-5-11/h6-9,11H,2-5H2,1H3. The maximum Gasteiger partial charge on any atom is 0.339 e. The summed E-state index contributed by atoms with van der Waals surface area (Å²) in [5.74, 6) is -0.644. The van der Waals surface area contributed by atoms with Gasteiger partial charge in [0.1, 0.15) is 0 Å². The van der Waals surface area contributed by atoms with Gasteiger partial charge in [-0.1, -0.05) is 11.6 Å². The van der Waals surface area contributed by atoms with Gasteiger partial charge in [0.15, 0.2) is 0 Å². The Morgan fingerprint density at radius 1 is 1.50 bits per heavy atom. The molecule has 1 saturated carbocycles. The molecule has 1 aliphatic rings. The van der Waals surface area contributed by atoms with Crippen molar-refractivity contribution in [3.63, 3.8) is 0 Å². The molecule has 0 atom stereocenters. The van der Waals surface area contributed by atoms with Crippen LogP contribution in [0.3, 0.4) is 0 Å². The van der Waals surface area contributed by atoms with E-state index in [1.54, 1.807) is 13.1 Å². The van der Waals surface area contributed by atoms with Crippen LogP contribution in [0.25, 0.3) is 11.1 Å². The molecule has 0 saturated heterocycles. The van der Waals surface area contributed by atoms with Crippen LogP contribution >= 0.6 is 11.6 Å². The smallest absolute Gasteiger partial charge is 0.339 e. The number of ether oxygens (including phenoxy) is 1. The molecule has 0 bridgehead atoms. The minimum Gasteiger partial charge on any atom is -0.462 e. The molecule has 7 nitrogen and oxygen atoms in total. The van der Waals surface area contributed by atoms with Crippen LogP contribution in [0.15, 0.2) is 24.5 Å². The number of esters is 1. The van der Waals surface area contributed by atoms with Crippen LogP contribution in [0.1, 0.15) is 42.6 Å². The van der Waals surface area contributed by atoms with E-state index in [0.717, 1.165) is 12.8 Å². The third kappa shape index (κ3) is 2.99. The zero-order chi connectivity index (χ0) is 17.3. The summed E-state index contributed by atoms with van der Waals surface area (Å²) in [5, 5.41) is 15.5. The molecule has 1 aliphatic carbocycles. The SMILES string of the molecule is CCOC(=O)c1cc([N+](=O)[O-])cc(Cl)c1-c1cnn(C2CCC2)c1. The molecule has 1 aromatic carbocycles. The Morgan fingerprint density at radius 3 is 2.83 bits per heavy atom. The molecular weight excluding hydrogens is 334 g/mol. The highest BCUT2D eigenvalue weighted by atomic mass is 35.5. The third-order valence-electron chi connectivity index (χ3n) is 4.12. The fraction of sp³-hybridized carbons (Fsp3) is 0.375. The molecular formula is C16H16ClN3O4. The lowest BCUT2D eigenvalue weighted by molar-refractivity contribution is -0.384. The lowest BCUT2D eigenvalue weighted by atomic mass is 9.93. The van der Waals surface area contributed by atoms with Gasteiger partial charge in [-0.2, -0.15) is 5.10 Å². The Bertz CT molecular complexity index is 799. The van der Waals surface area contributed by atoms with Crippen LogP contribution in [0.4, 0.5) is 5.69 Å². The second-order valence-electron chi connectivity index (χ2n) is 5.62. The molecule has 0 spiro atoms. The van der Waals surface area contributed by atoms with Gasteiger partial charge in [-0.25, -0.2) is 4.79 Å². The van der Waals surface area contributed by atoms with Crippen molar-refractivity contribution in [3.05, 3.63) is 45.2 Å². The number of hydrogen-bond donors (Lipinski definition) is 0. The zero-order valence-corrected chi connectivity index (χ0v) is 13.8. The number of nitrogens with zero attached hydrogens (tertiary/aromatic N) is 3. The highest BCUT2D eigenvalue weighted by Gasteiger charge is 2.25. The predicted octanol–water partition coefficient (Wildman–Crippen LogP) is 4.01. The van der Waals surface area contributed by atoms with E-state index in [-0.39, 0.29) is 22.9 Å². The summed E-state index contributed by atoms with van der Waals surface area (Å²) in [6.07, 6.45) is 6.75. The number of non-ortho nitro benzene ring substituents is 1. The average molecular weight is 350 g/mol. The number of rotatable bonds is 5. The highest BCUT2D eigenvalue weighted by Crippen LogP contribution is 2.37. The Balaban J connectivity index is 2.09. The molecule has 24 heavy (non-hydrogen) atoms. The number of nitro groups is 1. The van der Waals surface area contributed by atoms with Crippen molar-refractivity contribution in [1.82, 2.24) is 9.78 Å². The summed E-state index contributed by atoms with van der Waals surface area (Å²) in [5.41, 5.74) is 0.874. The second-order valence-corrected chi connectivity index (χ2v) is 6.03. The van der Waals surface area contributed by atoms with Crippen LogP contribution in [0, 0.1) is 10.1 Å². The molecule has 2 aromatic rings. The molecule has 0 N–H and O–H groups in total. The first-order valence-corrected chi connectivity index (χ1v) is 8.08. The minimum absolute atomic E-state index is 0.0733. The second kappa shape index (κ2) is 6.60. The third-order valence-corrected chi connectivity index (χ3v) is 4.42. The fourth-order valence-electron chi connectivity index (χ4n) is 2.68. The Hall–Kier alpha value is -2.41. The minimum atomic E-state index is -0.644. The van der Waals surface area contributed by atoms with Crippen molar-refractivity contribution in [2.75, 3.05) is 6.61 Å². The van der Waals surface area contributed by atoms with Crippen molar-refractivity contribution in [1.29, 1.82) is 0 Å². The van der Waals surface area contributed by atoms with E-state index in [2.05, 4.69) is 5.10 Å². The lowest BCUT2D eigenvalue weighted by Gasteiger charge is -2.25. The Labute approximate surface area is 143 Å². The number of aromatic nitrogens is 2. The van der Waals surface area contributed by atoms with Gasteiger partial charge in [0.25, 0.3) is 5.69 Å². The van der Waals surface area contributed by atoms with Gasteiger partial charge in [0.05, 0.1) is 34.4 Å². The van der Waals surface area contributed by atoms with Crippen molar-refractivity contribution >= 4 is 23.3 Å². The van der Waals surface area contributed by atoms with Gasteiger partial charge in [0, 0.05) is 29.5 Å². The normalized spacial score (nSPS) is 14.2. The van der Waals surface area contributed by atoms with Gasteiger partial charge in [-0.05, 0) is 26.2 Å². The van der Waals surface area contributed by atoms with Gasteiger partial charge in [-0.15, -0.1) is 0 Å². The van der Waals surface area contributed by atoms with E-state index in [4.69, 9.17) is 16.3 Å². The summed E-state index contributed by atoms with van der Waals surface area (Å²) in [4.78, 5) is 22.7. The zero-order valence-electron chi connectivity index (χ0n) is 13.1. The number of nitro benzene ring substituents is 1. The number of hydrogen-bond acceptors (Lipinski definition) is 5. The van der Waals surface area contributed by atoms with Crippen LogP contribution < -0.4 is 0 Å². The van der Waals surface area contributed by atoms with Gasteiger partial charge >= 0.3 is 5.97 Å². The Morgan fingerprint density at radius 2 is 2.25 bits per heavy atom. The first kappa shape index (κ1) is 16.4. The number of carbonyl (C=O) groups excluding carboxylic acids is 1. The summed E-state index contributed by atoms with van der Waals surface area (Å²) in [6, 6.07) is 2.79. The Kier molecular flexibility index (Phi) is 4.53. The van der Waals surface area contributed by atoms with Crippen molar-refractivity contribution in [3.8, 4) is 11.1 Å². The van der Waals surface area contributed by atoms with E-state index in [0.29, 0.717) is 17.2 Å². The van der Waals surface area contributed by atoms with E-state index >= 15 is 0 Å². The van der Waals surface area contributed by atoms with Gasteiger partial charge in [0.2, 0.25) is 0 Å². The maximum atomic E-state index is 12.2. The predicted molar refractivity (Wildman–Crippen MR) is 88.2 cm³/mol. The summed E-state index contributed by atoms with van der Waals surface area (Å²) < 4.78 is 6.87. The summed E-state index contributed by atoms with van der Waals surface area (Å²) in [7, 11) is 0. The van der Waals surface area contributed by atoms with E-state index in [1.165, 1.54) is 18.6 Å². The number of halogens is 1. The first-order chi connectivity index (χ1) is 11.5. The molecule has 3 rings (SSSR count). The molecule has 126 valence electrons. The molecule has 0 aliphatic heterocycles. The van der Waals surface area contributed by atoms with Crippen LogP contribution in [0.2, 0.25) is 5.02 Å². The van der Waals surface area contributed by atoms with Crippen LogP contribution in [0.5, 0.6) is 0 Å². The van der Waals surface area contributed by atoms with Gasteiger partial charge in [-0.3, -0.25) is 14.8 Å². The highest BCUT2D eigenvalue weighted by molar-refractivity contribution is 6.34. The monoisotopic (exact) mass is 349 g/mol. The molecule has 8 heteroatoms. The molecule has 0 amide bonds. The van der Waals surface area contributed by atoms with Gasteiger partial charge < -0.3 is 4.74 Å². The molecule has 1 heterocycles. The van der Waals surface area contributed by atoms with Crippen molar-refractivity contribution in [2.45, 2.75) is 32.2 Å². The largest absolute Gasteiger partial charge is 0.462 e. The molecule has 0 unspecified atom stereocenters.